The standard InChI is InChI=1S/C16H22O4/c1-11(17)15(2,3)10-16(4,5)20-13-8-6-12(7-9-13)14(18)19/h6-9H,10H2,1-5H3,(H,18,19). The first-order valence-corrected chi connectivity index (χ1v) is 6.57. The van der Waals surface area contributed by atoms with E-state index in [0.29, 0.717) is 12.2 Å². The van der Waals surface area contributed by atoms with E-state index in [1.54, 1.807) is 19.1 Å². The largest absolute Gasteiger partial charge is 0.488 e. The Hall–Kier alpha value is -1.84. The minimum atomic E-state index is -0.964. The number of ketones is 1. The Morgan fingerprint density at radius 2 is 1.60 bits per heavy atom. The fourth-order valence-corrected chi connectivity index (χ4v) is 2.21. The van der Waals surface area contributed by atoms with Gasteiger partial charge in [-0.05, 0) is 51.5 Å². The maximum absolute atomic E-state index is 11.6. The van der Waals surface area contributed by atoms with Gasteiger partial charge >= 0.3 is 5.97 Å². The van der Waals surface area contributed by atoms with Gasteiger partial charge in [0.2, 0.25) is 0 Å². The Morgan fingerprint density at radius 3 is 2.00 bits per heavy atom. The molecule has 1 aromatic rings. The number of ether oxygens (including phenoxy) is 1. The molecule has 0 unspecified atom stereocenters. The summed E-state index contributed by atoms with van der Waals surface area (Å²) in [6.45, 7) is 9.21. The van der Waals surface area contributed by atoms with Crippen molar-refractivity contribution in [3.05, 3.63) is 29.8 Å². The third kappa shape index (κ3) is 4.37. The Bertz CT molecular complexity index is 498. The quantitative estimate of drug-likeness (QED) is 0.864. The maximum Gasteiger partial charge on any atom is 0.335 e. The van der Waals surface area contributed by atoms with Gasteiger partial charge in [-0.15, -0.1) is 0 Å². The van der Waals surface area contributed by atoms with E-state index in [-0.39, 0.29) is 11.3 Å². The van der Waals surface area contributed by atoms with Crippen LogP contribution in [0.2, 0.25) is 0 Å². The molecule has 0 aliphatic carbocycles. The van der Waals surface area contributed by atoms with Gasteiger partial charge in [-0.25, -0.2) is 4.79 Å². The van der Waals surface area contributed by atoms with Crippen molar-refractivity contribution < 1.29 is 19.4 Å². The van der Waals surface area contributed by atoms with Crippen molar-refractivity contribution in [2.24, 2.45) is 5.41 Å². The lowest BCUT2D eigenvalue weighted by molar-refractivity contribution is -0.127. The molecule has 0 saturated carbocycles. The van der Waals surface area contributed by atoms with Crippen LogP contribution in [0.5, 0.6) is 5.75 Å². The second-order valence-corrected chi connectivity index (χ2v) is 6.31. The zero-order valence-electron chi connectivity index (χ0n) is 12.7. The molecule has 0 aliphatic rings. The number of carbonyl (C=O) groups excluding carboxylic acids is 1. The first-order chi connectivity index (χ1) is 9.03. The molecule has 0 spiro atoms. The van der Waals surface area contributed by atoms with Gasteiger partial charge in [-0.1, -0.05) is 13.8 Å². The van der Waals surface area contributed by atoms with Crippen LogP contribution in [-0.2, 0) is 4.79 Å². The lowest BCUT2D eigenvalue weighted by Gasteiger charge is -2.33. The van der Waals surface area contributed by atoms with E-state index in [1.807, 2.05) is 27.7 Å². The number of Topliss-reactive ketones (excluding diaryl/α,β-unsaturated/α-hetero) is 1. The van der Waals surface area contributed by atoms with Crippen molar-refractivity contribution in [1.82, 2.24) is 0 Å². The first kappa shape index (κ1) is 16.2. The molecule has 0 aliphatic heterocycles. The van der Waals surface area contributed by atoms with Crippen LogP contribution in [0.1, 0.15) is 51.4 Å². The SMILES string of the molecule is CC(=O)C(C)(C)CC(C)(C)Oc1ccc(C(=O)O)cc1. The average molecular weight is 278 g/mol. The zero-order chi connectivity index (χ0) is 15.6. The van der Waals surface area contributed by atoms with Gasteiger partial charge < -0.3 is 9.84 Å². The Balaban J connectivity index is 2.80. The summed E-state index contributed by atoms with van der Waals surface area (Å²) in [6, 6.07) is 6.27. The number of benzene rings is 1. The van der Waals surface area contributed by atoms with Gasteiger partial charge in [-0.2, -0.15) is 0 Å². The third-order valence-corrected chi connectivity index (χ3v) is 3.32. The minimum Gasteiger partial charge on any atom is -0.488 e. The molecule has 0 atom stereocenters. The number of aromatic carboxylic acids is 1. The summed E-state index contributed by atoms with van der Waals surface area (Å²) in [7, 11) is 0. The Labute approximate surface area is 119 Å². The summed E-state index contributed by atoms with van der Waals surface area (Å²) in [5.41, 5.74) is -0.746. The van der Waals surface area contributed by atoms with Crippen LogP contribution in [0.15, 0.2) is 24.3 Å². The van der Waals surface area contributed by atoms with Crippen LogP contribution in [-0.4, -0.2) is 22.5 Å². The predicted molar refractivity (Wildman–Crippen MR) is 77.2 cm³/mol. The summed E-state index contributed by atoms with van der Waals surface area (Å²) < 4.78 is 5.88. The van der Waals surface area contributed by atoms with Crippen LogP contribution in [0, 0.1) is 5.41 Å². The maximum atomic E-state index is 11.6. The van der Waals surface area contributed by atoms with E-state index in [4.69, 9.17) is 9.84 Å². The van der Waals surface area contributed by atoms with Crippen LogP contribution in [0.3, 0.4) is 0 Å². The summed E-state index contributed by atoms with van der Waals surface area (Å²) >= 11 is 0. The summed E-state index contributed by atoms with van der Waals surface area (Å²) in [5.74, 6) is -0.247. The van der Waals surface area contributed by atoms with Crippen LogP contribution < -0.4 is 4.74 Å². The highest BCUT2D eigenvalue weighted by molar-refractivity contribution is 5.87. The zero-order valence-corrected chi connectivity index (χ0v) is 12.7. The van der Waals surface area contributed by atoms with E-state index in [0.717, 1.165) is 0 Å². The molecule has 0 radical (unpaired) electrons. The van der Waals surface area contributed by atoms with E-state index in [9.17, 15) is 9.59 Å². The first-order valence-electron chi connectivity index (χ1n) is 6.57. The molecule has 4 nitrogen and oxygen atoms in total. The van der Waals surface area contributed by atoms with Gasteiger partial charge in [0.25, 0.3) is 0 Å². The number of hydrogen-bond acceptors (Lipinski definition) is 3. The molecular formula is C16H22O4. The average Bonchev–Trinajstić information content (AvgIpc) is 2.27. The smallest absolute Gasteiger partial charge is 0.335 e. The van der Waals surface area contributed by atoms with Gasteiger partial charge in [0.05, 0.1) is 5.56 Å². The van der Waals surface area contributed by atoms with Crippen molar-refractivity contribution in [3.8, 4) is 5.75 Å². The molecule has 110 valence electrons. The lowest BCUT2D eigenvalue weighted by Crippen LogP contribution is -2.37. The summed E-state index contributed by atoms with van der Waals surface area (Å²) in [6.07, 6.45) is 0.579. The molecule has 4 heteroatoms. The predicted octanol–water partition coefficient (Wildman–Crippen LogP) is 3.55. The Kier molecular flexibility index (Phi) is 4.58. The van der Waals surface area contributed by atoms with Crippen LogP contribution >= 0.6 is 0 Å². The molecule has 1 aromatic carbocycles. The van der Waals surface area contributed by atoms with Crippen LogP contribution in [0.4, 0.5) is 0 Å². The molecule has 0 bridgehead atoms. The molecular weight excluding hydrogens is 256 g/mol. The van der Waals surface area contributed by atoms with Crippen molar-refractivity contribution in [2.45, 2.75) is 46.6 Å². The topological polar surface area (TPSA) is 63.6 Å². The fourth-order valence-electron chi connectivity index (χ4n) is 2.21. The minimum absolute atomic E-state index is 0.121. The highest BCUT2D eigenvalue weighted by atomic mass is 16.5. The highest BCUT2D eigenvalue weighted by Crippen LogP contribution is 2.32. The molecule has 0 fully saturated rings. The van der Waals surface area contributed by atoms with Gasteiger partial charge in [0, 0.05) is 5.41 Å². The molecule has 0 saturated heterocycles. The van der Waals surface area contributed by atoms with Gasteiger partial charge in [-0.3, -0.25) is 4.79 Å². The molecule has 0 heterocycles. The molecule has 20 heavy (non-hydrogen) atoms. The van der Waals surface area contributed by atoms with Crippen molar-refractivity contribution >= 4 is 11.8 Å². The lowest BCUT2D eigenvalue weighted by atomic mass is 9.79. The second kappa shape index (κ2) is 5.65. The number of carboxylic acids is 1. The molecule has 0 amide bonds. The highest BCUT2D eigenvalue weighted by Gasteiger charge is 2.33. The van der Waals surface area contributed by atoms with Gasteiger partial charge in [0.15, 0.2) is 0 Å². The summed E-state index contributed by atoms with van der Waals surface area (Å²) in [4.78, 5) is 22.4. The fraction of sp³-hybridized carbons (Fsp3) is 0.500. The van der Waals surface area contributed by atoms with E-state index in [2.05, 4.69) is 0 Å². The van der Waals surface area contributed by atoms with Crippen LogP contribution in [0.25, 0.3) is 0 Å². The second-order valence-electron chi connectivity index (χ2n) is 6.31. The Morgan fingerprint density at radius 1 is 1.10 bits per heavy atom. The third-order valence-electron chi connectivity index (χ3n) is 3.32. The normalized spacial score (nSPS) is 12.1. The van der Waals surface area contributed by atoms with E-state index >= 15 is 0 Å². The van der Waals surface area contributed by atoms with E-state index < -0.39 is 17.0 Å². The molecule has 1 N–H and O–H groups in total. The monoisotopic (exact) mass is 278 g/mol. The van der Waals surface area contributed by atoms with Crippen molar-refractivity contribution in [1.29, 1.82) is 0 Å². The number of hydrogen-bond donors (Lipinski definition) is 1. The van der Waals surface area contributed by atoms with Gasteiger partial charge in [0.1, 0.15) is 17.1 Å². The van der Waals surface area contributed by atoms with Crippen molar-refractivity contribution in [3.63, 3.8) is 0 Å². The van der Waals surface area contributed by atoms with Crippen molar-refractivity contribution in [2.75, 3.05) is 0 Å². The molecule has 1 rings (SSSR count). The number of rotatable bonds is 6. The van der Waals surface area contributed by atoms with E-state index in [1.165, 1.54) is 12.1 Å². The molecule has 0 aromatic heterocycles. The number of carbonyl (C=O) groups is 2. The summed E-state index contributed by atoms with van der Waals surface area (Å²) in [5, 5.41) is 8.84. The number of carboxylic acid groups (broad SMARTS) is 1.